The van der Waals surface area contributed by atoms with Gasteiger partial charge in [0.2, 0.25) is 0 Å². The van der Waals surface area contributed by atoms with Gasteiger partial charge in [0.05, 0.1) is 17.7 Å². The van der Waals surface area contributed by atoms with Crippen LogP contribution in [0.5, 0.6) is 0 Å². The number of ether oxygens (including phenoxy) is 1. The predicted octanol–water partition coefficient (Wildman–Crippen LogP) is 4.39. The molecule has 6 heteroatoms. The van der Waals surface area contributed by atoms with Crippen molar-refractivity contribution in [3.63, 3.8) is 0 Å². The van der Waals surface area contributed by atoms with Gasteiger partial charge in [-0.3, -0.25) is 0 Å². The van der Waals surface area contributed by atoms with Gasteiger partial charge in [0.1, 0.15) is 9.88 Å². The van der Waals surface area contributed by atoms with Crippen LogP contribution in [0, 0.1) is 0 Å². The van der Waals surface area contributed by atoms with Gasteiger partial charge in [-0.2, -0.15) is 0 Å². The molecule has 0 N–H and O–H groups in total. The van der Waals surface area contributed by atoms with E-state index in [4.69, 9.17) is 4.74 Å². The van der Waals surface area contributed by atoms with Gasteiger partial charge in [-0.05, 0) is 22.9 Å². The van der Waals surface area contributed by atoms with Gasteiger partial charge < -0.3 is 4.74 Å². The molecule has 3 aromatic heterocycles. The van der Waals surface area contributed by atoms with Gasteiger partial charge in [0, 0.05) is 10.9 Å². The number of thiazole rings is 1. The molecule has 0 aliphatic carbocycles. The Labute approximate surface area is 122 Å². The van der Waals surface area contributed by atoms with Crippen molar-refractivity contribution in [1.82, 2.24) is 4.98 Å². The topological polar surface area (TPSA) is 39.2 Å². The summed E-state index contributed by atoms with van der Waals surface area (Å²) in [6, 6.07) is 5.95. The van der Waals surface area contributed by atoms with Crippen molar-refractivity contribution in [1.29, 1.82) is 0 Å². The van der Waals surface area contributed by atoms with Gasteiger partial charge in [-0.15, -0.1) is 34.0 Å². The largest absolute Gasteiger partial charge is 0.465 e. The highest BCUT2D eigenvalue weighted by Crippen LogP contribution is 2.34. The van der Waals surface area contributed by atoms with Crippen LogP contribution in [0.3, 0.4) is 0 Å². The summed E-state index contributed by atoms with van der Waals surface area (Å²) in [6.07, 6.45) is 0. The third-order valence-corrected chi connectivity index (χ3v) is 5.21. The lowest BCUT2D eigenvalue weighted by Gasteiger charge is -1.98. The number of thiophene rings is 2. The standard InChI is InChI=1S/C13H9NO2S3/c1-16-13(15)11-8(4-6-18-11)12-14-9(7-19-12)10-3-2-5-17-10/h2-7H,1H3. The van der Waals surface area contributed by atoms with Crippen LogP contribution >= 0.6 is 34.0 Å². The molecule has 0 unspecified atom stereocenters. The number of hydrogen-bond donors (Lipinski definition) is 0. The zero-order chi connectivity index (χ0) is 13.2. The van der Waals surface area contributed by atoms with Crippen molar-refractivity contribution in [2.75, 3.05) is 7.11 Å². The third-order valence-electron chi connectivity index (χ3n) is 2.54. The molecule has 0 amide bonds. The summed E-state index contributed by atoms with van der Waals surface area (Å²) in [5.41, 5.74) is 1.81. The second kappa shape index (κ2) is 5.24. The Morgan fingerprint density at radius 3 is 2.84 bits per heavy atom. The van der Waals surface area contributed by atoms with Gasteiger partial charge in [0.15, 0.2) is 0 Å². The van der Waals surface area contributed by atoms with Crippen LogP contribution in [0.1, 0.15) is 9.67 Å². The van der Waals surface area contributed by atoms with Gasteiger partial charge in [0.25, 0.3) is 0 Å². The maximum atomic E-state index is 11.7. The first-order chi connectivity index (χ1) is 9.29. The lowest BCUT2D eigenvalue weighted by atomic mass is 10.2. The molecule has 3 rings (SSSR count). The summed E-state index contributed by atoms with van der Waals surface area (Å²) in [5.74, 6) is -0.308. The Bertz CT molecular complexity index is 697. The molecule has 96 valence electrons. The van der Waals surface area contributed by atoms with Crippen molar-refractivity contribution in [3.8, 4) is 21.1 Å². The Balaban J connectivity index is 2.00. The van der Waals surface area contributed by atoms with Crippen molar-refractivity contribution in [2.24, 2.45) is 0 Å². The summed E-state index contributed by atoms with van der Waals surface area (Å²) in [5, 5.41) is 6.78. The van der Waals surface area contributed by atoms with E-state index in [0.29, 0.717) is 4.88 Å². The Morgan fingerprint density at radius 2 is 2.11 bits per heavy atom. The van der Waals surface area contributed by atoms with Crippen molar-refractivity contribution in [2.45, 2.75) is 0 Å². The SMILES string of the molecule is COC(=O)c1sccc1-c1nc(-c2cccs2)cs1. The molecular formula is C13H9NO2S3. The van der Waals surface area contributed by atoms with Crippen LogP contribution in [0.15, 0.2) is 34.3 Å². The number of rotatable bonds is 3. The van der Waals surface area contributed by atoms with E-state index in [1.54, 1.807) is 22.7 Å². The minimum atomic E-state index is -0.308. The van der Waals surface area contributed by atoms with Crippen LogP contribution in [-0.4, -0.2) is 18.1 Å². The second-order valence-corrected chi connectivity index (χ2v) is 6.39. The fourth-order valence-electron chi connectivity index (χ4n) is 1.66. The minimum Gasteiger partial charge on any atom is -0.465 e. The minimum absolute atomic E-state index is 0.308. The Hall–Kier alpha value is -1.50. The Morgan fingerprint density at radius 1 is 1.21 bits per heavy atom. The summed E-state index contributed by atoms with van der Waals surface area (Å²) in [7, 11) is 1.39. The number of nitrogens with zero attached hydrogens (tertiary/aromatic N) is 1. The highest BCUT2D eigenvalue weighted by atomic mass is 32.1. The van der Waals surface area contributed by atoms with Gasteiger partial charge in [-0.25, -0.2) is 9.78 Å². The maximum absolute atomic E-state index is 11.7. The zero-order valence-corrected chi connectivity index (χ0v) is 12.4. The molecule has 0 fully saturated rings. The van der Waals surface area contributed by atoms with E-state index < -0.39 is 0 Å². The third kappa shape index (κ3) is 2.34. The summed E-state index contributed by atoms with van der Waals surface area (Å²) >= 11 is 4.58. The molecular weight excluding hydrogens is 298 g/mol. The van der Waals surface area contributed by atoms with Crippen LogP contribution in [0.2, 0.25) is 0 Å². The van der Waals surface area contributed by atoms with E-state index in [9.17, 15) is 4.79 Å². The number of methoxy groups -OCH3 is 1. The molecule has 3 aromatic rings. The van der Waals surface area contributed by atoms with E-state index in [1.165, 1.54) is 18.4 Å². The molecule has 0 aliphatic rings. The number of carbonyl (C=O) groups excluding carboxylic acids is 1. The first-order valence-corrected chi connectivity index (χ1v) is 8.09. The molecule has 0 spiro atoms. The number of carbonyl (C=O) groups is 1. The van der Waals surface area contributed by atoms with Crippen molar-refractivity contribution >= 4 is 40.0 Å². The molecule has 0 saturated carbocycles. The van der Waals surface area contributed by atoms with Crippen LogP contribution in [-0.2, 0) is 4.74 Å². The molecule has 0 saturated heterocycles. The number of esters is 1. The lowest BCUT2D eigenvalue weighted by Crippen LogP contribution is -1.99. The average molecular weight is 307 g/mol. The van der Waals surface area contributed by atoms with E-state index >= 15 is 0 Å². The molecule has 0 aliphatic heterocycles. The van der Waals surface area contributed by atoms with E-state index in [2.05, 4.69) is 4.98 Å². The first-order valence-electron chi connectivity index (χ1n) is 5.45. The van der Waals surface area contributed by atoms with Gasteiger partial charge >= 0.3 is 5.97 Å². The van der Waals surface area contributed by atoms with Crippen LogP contribution < -0.4 is 0 Å². The normalized spacial score (nSPS) is 10.6. The highest BCUT2D eigenvalue weighted by Gasteiger charge is 2.17. The monoisotopic (exact) mass is 307 g/mol. The number of hydrogen-bond acceptors (Lipinski definition) is 6. The van der Waals surface area contributed by atoms with E-state index in [0.717, 1.165) is 21.1 Å². The molecule has 3 heterocycles. The van der Waals surface area contributed by atoms with Crippen molar-refractivity contribution in [3.05, 3.63) is 39.2 Å². The average Bonchev–Trinajstić information content (AvgIpc) is 3.14. The molecule has 0 atom stereocenters. The molecule has 0 aromatic carbocycles. The van der Waals surface area contributed by atoms with Gasteiger partial charge in [-0.1, -0.05) is 6.07 Å². The van der Waals surface area contributed by atoms with E-state index in [1.807, 2.05) is 34.3 Å². The van der Waals surface area contributed by atoms with E-state index in [-0.39, 0.29) is 5.97 Å². The molecule has 3 nitrogen and oxygen atoms in total. The second-order valence-electron chi connectivity index (χ2n) is 3.67. The van der Waals surface area contributed by atoms with Crippen LogP contribution in [0.4, 0.5) is 0 Å². The summed E-state index contributed by atoms with van der Waals surface area (Å²) < 4.78 is 4.79. The first kappa shape index (κ1) is 12.5. The summed E-state index contributed by atoms with van der Waals surface area (Å²) in [6.45, 7) is 0. The lowest BCUT2D eigenvalue weighted by molar-refractivity contribution is 0.0607. The highest BCUT2D eigenvalue weighted by molar-refractivity contribution is 7.16. The smallest absolute Gasteiger partial charge is 0.348 e. The Kier molecular flexibility index (Phi) is 3.46. The zero-order valence-electron chi connectivity index (χ0n) is 9.95. The fourth-order valence-corrected chi connectivity index (χ4v) is 4.15. The fraction of sp³-hybridized carbons (Fsp3) is 0.0769. The molecule has 0 bridgehead atoms. The predicted molar refractivity (Wildman–Crippen MR) is 80.1 cm³/mol. The maximum Gasteiger partial charge on any atom is 0.348 e. The molecule has 0 radical (unpaired) electrons. The quantitative estimate of drug-likeness (QED) is 0.674. The van der Waals surface area contributed by atoms with Crippen LogP contribution in [0.25, 0.3) is 21.1 Å². The molecule has 19 heavy (non-hydrogen) atoms. The van der Waals surface area contributed by atoms with Crippen molar-refractivity contribution < 1.29 is 9.53 Å². The summed E-state index contributed by atoms with van der Waals surface area (Å²) in [4.78, 5) is 18.0. The number of aromatic nitrogens is 1.